The van der Waals surface area contributed by atoms with E-state index in [1.165, 1.54) is 49.1 Å². The molecule has 1 aliphatic carbocycles. The van der Waals surface area contributed by atoms with Crippen LogP contribution in [-0.4, -0.2) is 28.0 Å². The van der Waals surface area contributed by atoms with Crippen LogP contribution < -0.4 is 0 Å². The smallest absolute Gasteiger partial charge is 0.110 e. The summed E-state index contributed by atoms with van der Waals surface area (Å²) < 4.78 is 0. The second-order valence-electron chi connectivity index (χ2n) is 9.53. The third-order valence-corrected chi connectivity index (χ3v) is 6.53. The fourth-order valence-corrected chi connectivity index (χ4v) is 5.04. The van der Waals surface area contributed by atoms with Gasteiger partial charge in [-0.2, -0.15) is 0 Å². The third kappa shape index (κ3) is 4.86. The Kier molecular flexibility index (Phi) is 6.98. The van der Waals surface area contributed by atoms with E-state index in [-0.39, 0.29) is 5.41 Å². The number of hydrogen-bond acceptors (Lipinski definition) is 2. The molecule has 0 amide bonds. The Balaban J connectivity index is 1.90. The number of imidazole rings is 1. The molecule has 1 aromatic heterocycles. The number of aromatic nitrogens is 2. The first-order valence-electron chi connectivity index (χ1n) is 11.3. The molecule has 1 unspecified atom stereocenters. The van der Waals surface area contributed by atoms with Crippen LogP contribution in [0.3, 0.4) is 0 Å². The van der Waals surface area contributed by atoms with E-state index in [4.69, 9.17) is 4.98 Å². The molecule has 0 aliphatic heterocycles. The highest BCUT2D eigenvalue weighted by Crippen LogP contribution is 2.45. The highest BCUT2D eigenvalue weighted by atomic mass is 15.1. The van der Waals surface area contributed by atoms with Crippen molar-refractivity contribution in [1.29, 1.82) is 0 Å². The molecule has 1 aliphatic rings. The van der Waals surface area contributed by atoms with Gasteiger partial charge in [0.1, 0.15) is 5.82 Å². The van der Waals surface area contributed by atoms with Gasteiger partial charge in [-0.3, -0.25) is 4.90 Å². The summed E-state index contributed by atoms with van der Waals surface area (Å²) in [6.45, 7) is 14.7. The number of nitrogens with zero attached hydrogens (tertiary/aromatic N) is 2. The van der Waals surface area contributed by atoms with E-state index in [1.807, 2.05) is 0 Å². The van der Waals surface area contributed by atoms with Gasteiger partial charge in [-0.15, -0.1) is 0 Å². The molecule has 1 fully saturated rings. The normalized spacial score (nSPS) is 17.2. The van der Waals surface area contributed by atoms with E-state index in [2.05, 4.69) is 75.0 Å². The fourth-order valence-electron chi connectivity index (χ4n) is 5.04. The molecule has 1 atom stereocenters. The van der Waals surface area contributed by atoms with Crippen LogP contribution in [0, 0.1) is 11.3 Å². The first-order chi connectivity index (χ1) is 13.4. The van der Waals surface area contributed by atoms with Gasteiger partial charge >= 0.3 is 0 Å². The van der Waals surface area contributed by atoms with Crippen LogP contribution in [0.25, 0.3) is 11.3 Å². The predicted molar refractivity (Wildman–Crippen MR) is 119 cm³/mol. The number of nitrogens with one attached hydrogen (secondary N) is 1. The lowest BCUT2D eigenvalue weighted by molar-refractivity contribution is 0.184. The van der Waals surface area contributed by atoms with Gasteiger partial charge in [0.2, 0.25) is 0 Å². The lowest BCUT2D eigenvalue weighted by atomic mass is 9.68. The van der Waals surface area contributed by atoms with Crippen LogP contribution in [-0.2, 0) is 6.54 Å². The number of H-pyrrole nitrogens is 1. The van der Waals surface area contributed by atoms with E-state index in [0.717, 1.165) is 31.2 Å². The summed E-state index contributed by atoms with van der Waals surface area (Å²) in [4.78, 5) is 11.2. The lowest BCUT2D eigenvalue weighted by Crippen LogP contribution is -2.28. The Hall–Kier alpha value is -1.61. The molecule has 1 saturated carbocycles. The minimum atomic E-state index is 0.220. The average Bonchev–Trinajstić information content (AvgIpc) is 3.15. The van der Waals surface area contributed by atoms with Gasteiger partial charge in [0.25, 0.3) is 0 Å². The molecule has 2 aromatic rings. The topological polar surface area (TPSA) is 31.9 Å². The largest absolute Gasteiger partial charge is 0.348 e. The van der Waals surface area contributed by atoms with Gasteiger partial charge in [-0.1, -0.05) is 78.1 Å². The van der Waals surface area contributed by atoms with Gasteiger partial charge in [0, 0.05) is 24.2 Å². The minimum absolute atomic E-state index is 0.220. The molecule has 0 bridgehead atoms. The maximum atomic E-state index is 5.17. The summed E-state index contributed by atoms with van der Waals surface area (Å²) in [5.41, 5.74) is 3.96. The molecular weight excluding hydrogens is 342 g/mol. The first-order valence-corrected chi connectivity index (χ1v) is 11.3. The van der Waals surface area contributed by atoms with Crippen LogP contribution in [0.2, 0.25) is 0 Å². The predicted octanol–water partition coefficient (Wildman–Crippen LogP) is 6.63. The minimum Gasteiger partial charge on any atom is -0.348 e. The van der Waals surface area contributed by atoms with Crippen LogP contribution in [0.15, 0.2) is 30.5 Å². The SMILES string of the molecule is CCN(CC)Cc1ccccc1-c1c[nH]c(C(C2CCCCC2)C(C)(C)C)n1. The fraction of sp³-hybridized carbons (Fsp3) is 0.640. The molecular formula is C25H39N3. The van der Waals surface area contributed by atoms with Crippen molar-refractivity contribution in [1.82, 2.24) is 14.9 Å². The van der Waals surface area contributed by atoms with E-state index >= 15 is 0 Å². The molecule has 3 nitrogen and oxygen atoms in total. The van der Waals surface area contributed by atoms with Crippen molar-refractivity contribution < 1.29 is 0 Å². The Morgan fingerprint density at radius 3 is 2.39 bits per heavy atom. The lowest BCUT2D eigenvalue weighted by Gasteiger charge is -2.37. The Labute approximate surface area is 172 Å². The molecule has 0 spiro atoms. The van der Waals surface area contributed by atoms with Gasteiger partial charge in [-0.05, 0) is 42.8 Å². The number of hydrogen-bond donors (Lipinski definition) is 1. The Morgan fingerprint density at radius 2 is 1.75 bits per heavy atom. The molecule has 0 saturated heterocycles. The van der Waals surface area contributed by atoms with Crippen molar-refractivity contribution in [2.24, 2.45) is 11.3 Å². The van der Waals surface area contributed by atoms with Crippen molar-refractivity contribution in [3.8, 4) is 11.3 Å². The molecule has 1 aromatic carbocycles. The summed E-state index contributed by atoms with van der Waals surface area (Å²) in [6.07, 6.45) is 8.97. The number of benzene rings is 1. The molecule has 28 heavy (non-hydrogen) atoms. The summed E-state index contributed by atoms with van der Waals surface area (Å²) >= 11 is 0. The van der Waals surface area contributed by atoms with Crippen molar-refractivity contribution in [3.05, 3.63) is 41.9 Å². The average molecular weight is 382 g/mol. The molecule has 154 valence electrons. The van der Waals surface area contributed by atoms with Crippen LogP contribution >= 0.6 is 0 Å². The maximum Gasteiger partial charge on any atom is 0.110 e. The second kappa shape index (κ2) is 9.26. The monoisotopic (exact) mass is 381 g/mol. The van der Waals surface area contributed by atoms with Gasteiger partial charge < -0.3 is 4.98 Å². The summed E-state index contributed by atoms with van der Waals surface area (Å²) in [6, 6.07) is 8.77. The number of aromatic amines is 1. The zero-order valence-corrected chi connectivity index (χ0v) is 18.6. The van der Waals surface area contributed by atoms with Gasteiger partial charge in [0.15, 0.2) is 0 Å². The highest BCUT2D eigenvalue weighted by molar-refractivity contribution is 5.63. The van der Waals surface area contributed by atoms with Crippen LogP contribution in [0.5, 0.6) is 0 Å². The van der Waals surface area contributed by atoms with Crippen molar-refractivity contribution in [2.45, 2.75) is 79.2 Å². The Morgan fingerprint density at radius 1 is 1.07 bits per heavy atom. The van der Waals surface area contributed by atoms with E-state index in [1.54, 1.807) is 0 Å². The molecule has 1 N–H and O–H groups in total. The first kappa shape index (κ1) is 21.1. The van der Waals surface area contributed by atoms with Crippen LogP contribution in [0.1, 0.15) is 84.0 Å². The summed E-state index contributed by atoms with van der Waals surface area (Å²) in [5, 5.41) is 0. The second-order valence-corrected chi connectivity index (χ2v) is 9.53. The Bertz CT molecular complexity index is 730. The van der Waals surface area contributed by atoms with E-state index in [0.29, 0.717) is 5.92 Å². The van der Waals surface area contributed by atoms with E-state index in [9.17, 15) is 0 Å². The summed E-state index contributed by atoms with van der Waals surface area (Å²) in [7, 11) is 0. The van der Waals surface area contributed by atoms with E-state index < -0.39 is 0 Å². The van der Waals surface area contributed by atoms with Gasteiger partial charge in [-0.25, -0.2) is 4.98 Å². The van der Waals surface area contributed by atoms with Crippen molar-refractivity contribution in [2.75, 3.05) is 13.1 Å². The summed E-state index contributed by atoms with van der Waals surface area (Å²) in [5.74, 6) is 2.43. The molecule has 3 heteroatoms. The molecule has 3 rings (SSSR count). The number of rotatable bonds is 7. The highest BCUT2D eigenvalue weighted by Gasteiger charge is 2.36. The maximum absolute atomic E-state index is 5.17. The molecule has 0 radical (unpaired) electrons. The standard InChI is InChI=1S/C25H39N3/c1-6-28(7-2)18-20-15-11-12-16-21(20)22-17-26-24(27-22)23(25(3,4)5)19-13-9-8-10-14-19/h11-12,15-17,19,23H,6-10,13-14,18H2,1-5H3,(H,26,27). The zero-order chi connectivity index (χ0) is 20.1. The molecule has 1 heterocycles. The van der Waals surface area contributed by atoms with Crippen LogP contribution in [0.4, 0.5) is 0 Å². The van der Waals surface area contributed by atoms with Gasteiger partial charge in [0.05, 0.1) is 5.69 Å². The quantitative estimate of drug-likeness (QED) is 0.584. The zero-order valence-electron chi connectivity index (χ0n) is 18.6. The van der Waals surface area contributed by atoms with Crippen molar-refractivity contribution >= 4 is 0 Å². The third-order valence-electron chi connectivity index (χ3n) is 6.53. The van der Waals surface area contributed by atoms with Crippen molar-refractivity contribution in [3.63, 3.8) is 0 Å².